The highest BCUT2D eigenvalue weighted by Crippen LogP contribution is 2.32. The Labute approximate surface area is 159 Å². The molecule has 1 fully saturated rings. The normalized spacial score (nSPS) is 17.0. The van der Waals surface area contributed by atoms with Crippen molar-refractivity contribution >= 4 is 5.91 Å². The second-order valence-electron chi connectivity index (χ2n) is 6.97. The first-order chi connectivity index (χ1) is 13.0. The Morgan fingerprint density at radius 2 is 1.96 bits per heavy atom. The zero-order valence-corrected chi connectivity index (χ0v) is 16.4. The van der Waals surface area contributed by atoms with Crippen molar-refractivity contribution in [3.05, 3.63) is 35.5 Å². The lowest BCUT2D eigenvalue weighted by atomic mass is 10.1. The van der Waals surface area contributed by atoms with Crippen LogP contribution in [0.15, 0.2) is 22.7 Å². The molecule has 1 aromatic heterocycles. The van der Waals surface area contributed by atoms with Gasteiger partial charge < -0.3 is 18.9 Å². The van der Waals surface area contributed by atoms with Crippen LogP contribution in [-0.2, 0) is 11.3 Å². The highest BCUT2D eigenvalue weighted by Gasteiger charge is 2.34. The highest BCUT2D eigenvalue weighted by molar-refractivity contribution is 5.79. The number of aromatic nitrogens is 2. The lowest BCUT2D eigenvalue weighted by molar-refractivity contribution is -0.128. The van der Waals surface area contributed by atoms with E-state index in [1.165, 1.54) is 0 Å². The molecular formula is C20H27N3O4. The van der Waals surface area contributed by atoms with Crippen LogP contribution < -0.4 is 9.47 Å². The first kappa shape index (κ1) is 19.2. The molecule has 0 radical (unpaired) electrons. The fourth-order valence-electron chi connectivity index (χ4n) is 3.15. The van der Waals surface area contributed by atoms with E-state index in [0.29, 0.717) is 50.2 Å². The standard InChI is InChI=1S/C20H27N3O4/c1-5-25-16-8-7-14(9-17(16)26-6-2)11-23-12-15(10-18(23)24)20-21-19(13(3)4)22-27-20/h7-9,13,15H,5-6,10-12H2,1-4H3. The van der Waals surface area contributed by atoms with Gasteiger partial charge in [-0.3, -0.25) is 4.79 Å². The summed E-state index contributed by atoms with van der Waals surface area (Å²) in [5, 5.41) is 4.01. The Morgan fingerprint density at radius 1 is 1.22 bits per heavy atom. The lowest BCUT2D eigenvalue weighted by Crippen LogP contribution is -2.24. The van der Waals surface area contributed by atoms with Gasteiger partial charge in [0.1, 0.15) is 0 Å². The maximum atomic E-state index is 12.5. The lowest BCUT2D eigenvalue weighted by Gasteiger charge is -2.18. The molecule has 3 rings (SSSR count). The van der Waals surface area contributed by atoms with Crippen LogP contribution in [0.2, 0.25) is 0 Å². The highest BCUT2D eigenvalue weighted by atomic mass is 16.5. The molecule has 2 aromatic rings. The molecular weight excluding hydrogens is 346 g/mol. The zero-order valence-electron chi connectivity index (χ0n) is 16.4. The van der Waals surface area contributed by atoms with E-state index < -0.39 is 0 Å². The molecule has 0 bridgehead atoms. The summed E-state index contributed by atoms with van der Waals surface area (Å²) in [6.07, 6.45) is 0.398. The molecule has 1 aliphatic rings. The summed E-state index contributed by atoms with van der Waals surface area (Å²) < 4.78 is 16.6. The van der Waals surface area contributed by atoms with Crippen molar-refractivity contribution in [2.75, 3.05) is 19.8 Å². The Kier molecular flexibility index (Phi) is 5.98. The minimum atomic E-state index is -0.0495. The fraction of sp³-hybridized carbons (Fsp3) is 0.550. The van der Waals surface area contributed by atoms with E-state index >= 15 is 0 Å². The molecule has 146 valence electrons. The second-order valence-corrected chi connectivity index (χ2v) is 6.97. The zero-order chi connectivity index (χ0) is 19.4. The minimum Gasteiger partial charge on any atom is -0.490 e. The van der Waals surface area contributed by atoms with Crippen molar-refractivity contribution in [1.82, 2.24) is 15.0 Å². The molecule has 1 unspecified atom stereocenters. The van der Waals surface area contributed by atoms with Crippen molar-refractivity contribution in [1.29, 1.82) is 0 Å². The van der Waals surface area contributed by atoms with Gasteiger partial charge in [-0.25, -0.2) is 0 Å². The average Bonchev–Trinajstić information content (AvgIpc) is 3.25. The van der Waals surface area contributed by atoms with E-state index in [1.54, 1.807) is 0 Å². The Balaban J connectivity index is 1.70. The van der Waals surface area contributed by atoms with Crippen LogP contribution in [0.4, 0.5) is 0 Å². The van der Waals surface area contributed by atoms with Crippen LogP contribution in [0.25, 0.3) is 0 Å². The van der Waals surface area contributed by atoms with Gasteiger partial charge in [0.25, 0.3) is 0 Å². The van der Waals surface area contributed by atoms with E-state index in [0.717, 1.165) is 11.3 Å². The van der Waals surface area contributed by atoms with Crippen LogP contribution in [0.3, 0.4) is 0 Å². The molecule has 1 aliphatic heterocycles. The van der Waals surface area contributed by atoms with Crippen LogP contribution in [0.1, 0.15) is 63.2 Å². The first-order valence-electron chi connectivity index (χ1n) is 9.51. The number of likely N-dealkylation sites (tertiary alicyclic amines) is 1. The Morgan fingerprint density at radius 3 is 2.63 bits per heavy atom. The number of carbonyl (C=O) groups excluding carboxylic acids is 1. The van der Waals surface area contributed by atoms with Crippen molar-refractivity contribution in [2.45, 2.75) is 52.5 Å². The molecule has 0 N–H and O–H groups in total. The molecule has 7 nitrogen and oxygen atoms in total. The second kappa shape index (κ2) is 8.41. The number of carbonyl (C=O) groups is 1. The summed E-state index contributed by atoms with van der Waals surface area (Å²) in [6, 6.07) is 5.81. The fourth-order valence-corrected chi connectivity index (χ4v) is 3.15. The number of hydrogen-bond donors (Lipinski definition) is 0. The van der Waals surface area contributed by atoms with E-state index in [2.05, 4.69) is 10.1 Å². The molecule has 0 saturated carbocycles. The largest absolute Gasteiger partial charge is 0.490 e. The summed E-state index contributed by atoms with van der Waals surface area (Å²) in [5.41, 5.74) is 1.00. The van der Waals surface area contributed by atoms with Crippen molar-refractivity contribution in [2.24, 2.45) is 0 Å². The number of nitrogens with zero attached hydrogens (tertiary/aromatic N) is 3. The van der Waals surface area contributed by atoms with Gasteiger partial charge in [-0.2, -0.15) is 4.98 Å². The molecule has 0 spiro atoms. The summed E-state index contributed by atoms with van der Waals surface area (Å²) in [4.78, 5) is 18.7. The number of amides is 1. The predicted molar refractivity (Wildman–Crippen MR) is 99.9 cm³/mol. The van der Waals surface area contributed by atoms with Crippen molar-refractivity contribution < 1.29 is 18.8 Å². The summed E-state index contributed by atoms with van der Waals surface area (Å²) in [5.74, 6) is 2.92. The van der Waals surface area contributed by atoms with Gasteiger partial charge in [-0.05, 0) is 31.5 Å². The van der Waals surface area contributed by atoms with Gasteiger partial charge in [0, 0.05) is 25.4 Å². The Hall–Kier alpha value is -2.57. The molecule has 1 amide bonds. The predicted octanol–water partition coefficient (Wildman–Crippen LogP) is 3.51. The number of ether oxygens (including phenoxy) is 2. The topological polar surface area (TPSA) is 77.7 Å². The number of rotatable bonds is 8. The van der Waals surface area contributed by atoms with Gasteiger partial charge in [-0.1, -0.05) is 25.1 Å². The van der Waals surface area contributed by atoms with Gasteiger partial charge in [0.15, 0.2) is 17.3 Å². The minimum absolute atomic E-state index is 0.0495. The third-order valence-corrected chi connectivity index (χ3v) is 4.52. The van der Waals surface area contributed by atoms with Crippen molar-refractivity contribution in [3.63, 3.8) is 0 Å². The smallest absolute Gasteiger partial charge is 0.232 e. The molecule has 27 heavy (non-hydrogen) atoms. The summed E-state index contributed by atoms with van der Waals surface area (Å²) >= 11 is 0. The molecule has 7 heteroatoms. The monoisotopic (exact) mass is 373 g/mol. The van der Waals surface area contributed by atoms with E-state index in [4.69, 9.17) is 14.0 Å². The van der Waals surface area contributed by atoms with E-state index in [9.17, 15) is 4.79 Å². The van der Waals surface area contributed by atoms with Crippen molar-refractivity contribution in [3.8, 4) is 11.5 Å². The number of benzene rings is 1. The van der Waals surface area contributed by atoms with Crippen LogP contribution in [0, 0.1) is 0 Å². The molecule has 1 aromatic carbocycles. The van der Waals surface area contributed by atoms with Gasteiger partial charge in [0.2, 0.25) is 11.8 Å². The third kappa shape index (κ3) is 4.40. The van der Waals surface area contributed by atoms with Gasteiger partial charge in [0.05, 0.1) is 19.1 Å². The molecule has 0 aliphatic carbocycles. The summed E-state index contributed by atoms with van der Waals surface area (Å²) in [6.45, 7) is 10.1. The molecule has 1 atom stereocenters. The van der Waals surface area contributed by atoms with E-state index in [-0.39, 0.29) is 17.7 Å². The Bertz CT molecular complexity index is 787. The SMILES string of the molecule is CCOc1ccc(CN2CC(c3nc(C(C)C)no3)CC2=O)cc1OCC. The van der Waals surface area contributed by atoms with Gasteiger partial charge >= 0.3 is 0 Å². The third-order valence-electron chi connectivity index (χ3n) is 4.52. The van der Waals surface area contributed by atoms with Crippen LogP contribution in [-0.4, -0.2) is 40.7 Å². The quantitative estimate of drug-likeness (QED) is 0.705. The average molecular weight is 373 g/mol. The van der Waals surface area contributed by atoms with Crippen LogP contribution in [0.5, 0.6) is 11.5 Å². The molecule has 2 heterocycles. The summed E-state index contributed by atoms with van der Waals surface area (Å²) in [7, 11) is 0. The maximum Gasteiger partial charge on any atom is 0.232 e. The first-order valence-corrected chi connectivity index (χ1v) is 9.51. The maximum absolute atomic E-state index is 12.5. The van der Waals surface area contributed by atoms with E-state index in [1.807, 2.05) is 50.8 Å². The van der Waals surface area contributed by atoms with Crippen LogP contribution >= 0.6 is 0 Å². The van der Waals surface area contributed by atoms with Gasteiger partial charge in [-0.15, -0.1) is 0 Å². The number of hydrogen-bond acceptors (Lipinski definition) is 6. The molecule has 1 saturated heterocycles.